The van der Waals surface area contributed by atoms with Gasteiger partial charge in [0.05, 0.1) is 10.5 Å². The molecule has 8 heteroatoms. The van der Waals surface area contributed by atoms with E-state index in [9.17, 15) is 24.5 Å². The predicted molar refractivity (Wildman–Crippen MR) is 87.8 cm³/mol. The quantitative estimate of drug-likeness (QED) is 0.496. The molecule has 2 rings (SSSR count). The van der Waals surface area contributed by atoms with Gasteiger partial charge in [0.2, 0.25) is 5.91 Å². The Balaban J connectivity index is 1.84. The number of ether oxygens (including phenoxy) is 1. The van der Waals surface area contributed by atoms with Gasteiger partial charge >= 0.3 is 5.97 Å². The third-order valence-corrected chi connectivity index (χ3v) is 4.20. The number of nitro benzene ring substituents is 1. The maximum absolute atomic E-state index is 11.9. The van der Waals surface area contributed by atoms with Crippen LogP contribution in [-0.2, 0) is 14.3 Å². The van der Waals surface area contributed by atoms with Gasteiger partial charge in [-0.15, -0.1) is 0 Å². The standard InChI is InChI=1S/C17H20N2O6/c1-11-9-13(7-8-14(11)19(23)24)17(22)25-10-15(20)18-16(21)12-5-3-2-4-6-12/h7-9,12H,2-6,10H2,1H3,(H,18,20,21). The van der Waals surface area contributed by atoms with Crippen molar-refractivity contribution in [3.05, 3.63) is 39.4 Å². The Kier molecular flexibility index (Phi) is 6.21. The topological polar surface area (TPSA) is 116 Å². The number of benzene rings is 1. The highest BCUT2D eigenvalue weighted by Gasteiger charge is 2.23. The molecule has 0 heterocycles. The Morgan fingerprint density at radius 1 is 1.24 bits per heavy atom. The van der Waals surface area contributed by atoms with Crippen LogP contribution in [-0.4, -0.2) is 29.3 Å². The van der Waals surface area contributed by atoms with Gasteiger partial charge in [0, 0.05) is 17.5 Å². The van der Waals surface area contributed by atoms with Gasteiger partial charge in [0.1, 0.15) is 0 Å². The number of carbonyl (C=O) groups is 3. The van der Waals surface area contributed by atoms with E-state index in [0.717, 1.165) is 32.1 Å². The summed E-state index contributed by atoms with van der Waals surface area (Å²) < 4.78 is 4.86. The van der Waals surface area contributed by atoms with Crippen molar-refractivity contribution in [3.8, 4) is 0 Å². The highest BCUT2D eigenvalue weighted by Crippen LogP contribution is 2.23. The zero-order chi connectivity index (χ0) is 18.4. The summed E-state index contributed by atoms with van der Waals surface area (Å²) in [6.45, 7) is 0.928. The molecule has 0 unspecified atom stereocenters. The van der Waals surface area contributed by atoms with Gasteiger partial charge in [-0.2, -0.15) is 0 Å². The van der Waals surface area contributed by atoms with Crippen LogP contribution in [0.1, 0.15) is 48.0 Å². The molecule has 0 aliphatic heterocycles. The SMILES string of the molecule is Cc1cc(C(=O)OCC(=O)NC(=O)C2CCCCC2)ccc1[N+](=O)[O-]. The molecule has 0 saturated heterocycles. The molecule has 1 saturated carbocycles. The minimum absolute atomic E-state index is 0.104. The fraction of sp³-hybridized carbons (Fsp3) is 0.471. The number of hydrogen-bond acceptors (Lipinski definition) is 6. The van der Waals surface area contributed by atoms with Crippen molar-refractivity contribution in [1.29, 1.82) is 0 Å². The number of rotatable bonds is 5. The summed E-state index contributed by atoms with van der Waals surface area (Å²) >= 11 is 0. The van der Waals surface area contributed by atoms with Gasteiger partial charge in [-0.05, 0) is 31.9 Å². The summed E-state index contributed by atoms with van der Waals surface area (Å²) in [5, 5.41) is 13.0. The third-order valence-electron chi connectivity index (χ3n) is 4.20. The summed E-state index contributed by atoms with van der Waals surface area (Å²) in [7, 11) is 0. The first-order valence-electron chi connectivity index (χ1n) is 8.14. The fourth-order valence-electron chi connectivity index (χ4n) is 2.84. The van der Waals surface area contributed by atoms with E-state index < -0.39 is 23.4 Å². The van der Waals surface area contributed by atoms with E-state index in [1.165, 1.54) is 25.1 Å². The number of carbonyl (C=O) groups excluding carboxylic acids is 3. The first-order valence-corrected chi connectivity index (χ1v) is 8.14. The molecule has 0 radical (unpaired) electrons. The fourth-order valence-corrected chi connectivity index (χ4v) is 2.84. The van der Waals surface area contributed by atoms with Crippen molar-refractivity contribution < 1.29 is 24.0 Å². The molecule has 1 fully saturated rings. The smallest absolute Gasteiger partial charge is 0.338 e. The number of nitrogens with zero attached hydrogens (tertiary/aromatic N) is 1. The van der Waals surface area contributed by atoms with Crippen molar-refractivity contribution in [1.82, 2.24) is 5.32 Å². The third kappa shape index (κ3) is 5.10. The molecule has 0 atom stereocenters. The molecule has 1 aliphatic rings. The summed E-state index contributed by atoms with van der Waals surface area (Å²) in [5.74, 6) is -1.95. The molecule has 0 bridgehead atoms. The van der Waals surface area contributed by atoms with Gasteiger partial charge < -0.3 is 4.74 Å². The number of esters is 1. The Morgan fingerprint density at radius 3 is 2.52 bits per heavy atom. The van der Waals surface area contributed by atoms with Crippen LogP contribution in [0.25, 0.3) is 0 Å². The largest absolute Gasteiger partial charge is 0.452 e. The number of imide groups is 1. The number of amides is 2. The van der Waals surface area contributed by atoms with Crippen molar-refractivity contribution in [2.75, 3.05) is 6.61 Å². The molecule has 0 spiro atoms. The van der Waals surface area contributed by atoms with Crippen LogP contribution in [0, 0.1) is 23.0 Å². The maximum Gasteiger partial charge on any atom is 0.338 e. The minimum Gasteiger partial charge on any atom is -0.452 e. The second-order valence-corrected chi connectivity index (χ2v) is 6.08. The number of nitro groups is 1. The van der Waals surface area contributed by atoms with Crippen LogP contribution >= 0.6 is 0 Å². The van der Waals surface area contributed by atoms with E-state index in [1.54, 1.807) is 0 Å². The second kappa shape index (κ2) is 8.36. The maximum atomic E-state index is 11.9. The lowest BCUT2D eigenvalue weighted by Gasteiger charge is -2.20. The molecule has 1 aliphatic carbocycles. The average molecular weight is 348 g/mol. The lowest BCUT2D eigenvalue weighted by molar-refractivity contribution is -0.385. The Bertz CT molecular complexity index is 694. The zero-order valence-electron chi connectivity index (χ0n) is 13.9. The van der Waals surface area contributed by atoms with Crippen molar-refractivity contribution in [3.63, 3.8) is 0 Å². The molecule has 1 aromatic carbocycles. The van der Waals surface area contributed by atoms with Crippen LogP contribution in [0.2, 0.25) is 0 Å². The Labute approximate surface area is 144 Å². The number of aryl methyl sites for hydroxylation is 1. The van der Waals surface area contributed by atoms with E-state index in [-0.39, 0.29) is 23.1 Å². The first-order chi connectivity index (χ1) is 11.9. The normalized spacial score (nSPS) is 14.6. The average Bonchev–Trinajstić information content (AvgIpc) is 2.60. The summed E-state index contributed by atoms with van der Waals surface area (Å²) in [4.78, 5) is 45.8. The van der Waals surface area contributed by atoms with E-state index >= 15 is 0 Å². The highest BCUT2D eigenvalue weighted by atomic mass is 16.6. The first kappa shape index (κ1) is 18.6. The molecular weight excluding hydrogens is 328 g/mol. The predicted octanol–water partition coefficient (Wildman–Crippen LogP) is 2.28. The van der Waals surface area contributed by atoms with Crippen LogP contribution in [0.3, 0.4) is 0 Å². The lowest BCUT2D eigenvalue weighted by Crippen LogP contribution is -2.38. The highest BCUT2D eigenvalue weighted by molar-refractivity contribution is 5.98. The molecule has 25 heavy (non-hydrogen) atoms. The molecule has 1 N–H and O–H groups in total. The van der Waals surface area contributed by atoms with Crippen LogP contribution in [0.4, 0.5) is 5.69 Å². The zero-order valence-corrected chi connectivity index (χ0v) is 13.9. The van der Waals surface area contributed by atoms with E-state index in [0.29, 0.717) is 5.56 Å². The molecule has 8 nitrogen and oxygen atoms in total. The number of hydrogen-bond donors (Lipinski definition) is 1. The lowest BCUT2D eigenvalue weighted by atomic mass is 9.89. The van der Waals surface area contributed by atoms with Crippen molar-refractivity contribution in [2.24, 2.45) is 5.92 Å². The van der Waals surface area contributed by atoms with Gasteiger partial charge in [0.15, 0.2) is 6.61 Å². The molecule has 2 amide bonds. The van der Waals surface area contributed by atoms with Gasteiger partial charge in [-0.1, -0.05) is 19.3 Å². The molecular formula is C17H20N2O6. The Hall–Kier alpha value is -2.77. The van der Waals surface area contributed by atoms with Gasteiger partial charge in [-0.25, -0.2) is 4.79 Å². The minimum atomic E-state index is -0.779. The van der Waals surface area contributed by atoms with Gasteiger partial charge in [0.25, 0.3) is 11.6 Å². The monoisotopic (exact) mass is 348 g/mol. The van der Waals surface area contributed by atoms with Crippen molar-refractivity contribution >= 4 is 23.5 Å². The molecule has 1 aromatic rings. The summed E-state index contributed by atoms with van der Waals surface area (Å²) in [6.07, 6.45) is 4.58. The van der Waals surface area contributed by atoms with Crippen LogP contribution in [0.5, 0.6) is 0 Å². The Morgan fingerprint density at radius 2 is 1.92 bits per heavy atom. The van der Waals surface area contributed by atoms with Crippen LogP contribution < -0.4 is 5.32 Å². The molecule has 0 aromatic heterocycles. The van der Waals surface area contributed by atoms with Gasteiger partial charge in [-0.3, -0.25) is 25.0 Å². The van der Waals surface area contributed by atoms with Crippen molar-refractivity contribution in [2.45, 2.75) is 39.0 Å². The second-order valence-electron chi connectivity index (χ2n) is 6.08. The summed E-state index contributed by atoms with van der Waals surface area (Å²) in [5.41, 5.74) is 0.318. The molecule has 134 valence electrons. The van der Waals surface area contributed by atoms with E-state index in [2.05, 4.69) is 5.32 Å². The van der Waals surface area contributed by atoms with E-state index in [1.807, 2.05) is 0 Å². The van der Waals surface area contributed by atoms with Crippen LogP contribution in [0.15, 0.2) is 18.2 Å². The number of nitrogens with one attached hydrogen (secondary N) is 1. The van der Waals surface area contributed by atoms with E-state index in [4.69, 9.17) is 4.74 Å². The summed E-state index contributed by atoms with van der Waals surface area (Å²) in [6, 6.07) is 3.79.